The van der Waals surface area contributed by atoms with Crippen LogP contribution in [0, 0.1) is 0 Å². The number of anilines is 2. The summed E-state index contributed by atoms with van der Waals surface area (Å²) in [5.74, 6) is 0.114. The molecule has 1 aromatic carbocycles. The number of rotatable bonds is 3. The lowest BCUT2D eigenvalue weighted by atomic mass is 9.97. The first-order chi connectivity index (χ1) is 11.9. The Kier molecular flexibility index (Phi) is 4.48. The number of nitrogens with zero attached hydrogens (tertiary/aromatic N) is 2. The molecule has 25 heavy (non-hydrogen) atoms. The zero-order valence-corrected chi connectivity index (χ0v) is 13.3. The molecule has 0 bridgehead atoms. The Morgan fingerprint density at radius 3 is 2.68 bits per heavy atom. The van der Waals surface area contributed by atoms with Crippen molar-refractivity contribution >= 4 is 17.4 Å². The molecule has 0 spiro atoms. The van der Waals surface area contributed by atoms with E-state index in [4.69, 9.17) is 0 Å². The van der Waals surface area contributed by atoms with Gasteiger partial charge in [0.15, 0.2) is 0 Å². The lowest BCUT2D eigenvalue weighted by Crippen LogP contribution is -2.46. The van der Waals surface area contributed by atoms with Gasteiger partial charge in [-0.3, -0.25) is 4.79 Å². The molecule has 1 atom stereocenters. The van der Waals surface area contributed by atoms with Gasteiger partial charge < -0.3 is 10.2 Å². The van der Waals surface area contributed by atoms with Crippen LogP contribution >= 0.6 is 0 Å². The van der Waals surface area contributed by atoms with Crippen LogP contribution in [0.15, 0.2) is 55.3 Å². The van der Waals surface area contributed by atoms with Crippen molar-refractivity contribution in [3.63, 3.8) is 0 Å². The molecule has 4 nitrogen and oxygen atoms in total. The van der Waals surface area contributed by atoms with Gasteiger partial charge in [-0.15, -0.1) is 0 Å². The number of amides is 1. The number of carbonyl (C=O) groups excluding carboxylic acids is 1. The lowest BCUT2D eigenvalue weighted by Gasteiger charge is -2.35. The number of halogens is 3. The van der Waals surface area contributed by atoms with E-state index in [1.807, 2.05) is 29.2 Å². The van der Waals surface area contributed by atoms with E-state index >= 15 is 0 Å². The molecule has 7 heteroatoms. The summed E-state index contributed by atoms with van der Waals surface area (Å²) in [6.45, 7) is 3.85. The highest BCUT2D eigenvalue weighted by Gasteiger charge is 2.32. The second-order valence-corrected chi connectivity index (χ2v) is 5.76. The molecule has 1 aliphatic heterocycles. The minimum Gasteiger partial charge on any atom is -0.348 e. The van der Waals surface area contributed by atoms with Crippen molar-refractivity contribution in [2.24, 2.45) is 0 Å². The lowest BCUT2D eigenvalue weighted by molar-refractivity contribution is -0.137. The largest absolute Gasteiger partial charge is 0.417 e. The summed E-state index contributed by atoms with van der Waals surface area (Å²) in [6.07, 6.45) is -1.77. The quantitative estimate of drug-likeness (QED) is 0.865. The molecular formula is C18H16F3N3O. The summed E-state index contributed by atoms with van der Waals surface area (Å²) in [7, 11) is 0. The van der Waals surface area contributed by atoms with Crippen LogP contribution in [-0.4, -0.2) is 23.5 Å². The second-order valence-electron chi connectivity index (χ2n) is 5.76. The molecule has 1 unspecified atom stereocenters. The van der Waals surface area contributed by atoms with Gasteiger partial charge in [0.1, 0.15) is 5.82 Å². The van der Waals surface area contributed by atoms with Gasteiger partial charge in [0, 0.05) is 18.4 Å². The molecule has 0 saturated heterocycles. The minimum atomic E-state index is -4.42. The summed E-state index contributed by atoms with van der Waals surface area (Å²) >= 11 is 0. The molecular weight excluding hydrogens is 331 g/mol. The van der Waals surface area contributed by atoms with Crippen molar-refractivity contribution in [1.29, 1.82) is 0 Å². The number of alkyl halides is 3. The molecule has 0 fully saturated rings. The van der Waals surface area contributed by atoms with Gasteiger partial charge in [0.2, 0.25) is 5.91 Å². The zero-order chi connectivity index (χ0) is 18.0. The number of fused-ring (bicyclic) bond motifs is 1. The average Bonchev–Trinajstić information content (AvgIpc) is 2.60. The third kappa shape index (κ3) is 3.65. The molecule has 0 saturated carbocycles. The number of nitrogens with one attached hydrogen (secondary N) is 1. The van der Waals surface area contributed by atoms with Gasteiger partial charge >= 0.3 is 6.18 Å². The predicted molar refractivity (Wildman–Crippen MR) is 88.5 cm³/mol. The fourth-order valence-electron chi connectivity index (χ4n) is 2.88. The van der Waals surface area contributed by atoms with Gasteiger partial charge in [0.25, 0.3) is 0 Å². The topological polar surface area (TPSA) is 45.2 Å². The zero-order valence-electron chi connectivity index (χ0n) is 13.3. The Morgan fingerprint density at radius 2 is 2.04 bits per heavy atom. The van der Waals surface area contributed by atoms with E-state index in [0.29, 0.717) is 18.8 Å². The van der Waals surface area contributed by atoms with Crippen LogP contribution in [0.1, 0.15) is 11.1 Å². The van der Waals surface area contributed by atoms with Gasteiger partial charge in [-0.1, -0.05) is 24.8 Å². The number of hydrogen-bond donors (Lipinski definition) is 1. The van der Waals surface area contributed by atoms with Crippen LogP contribution in [0.5, 0.6) is 0 Å². The van der Waals surface area contributed by atoms with E-state index in [-0.39, 0.29) is 11.9 Å². The van der Waals surface area contributed by atoms with E-state index in [1.165, 1.54) is 12.1 Å². The molecule has 0 radical (unpaired) electrons. The molecule has 1 amide bonds. The number of aromatic nitrogens is 1. The van der Waals surface area contributed by atoms with Crippen molar-refractivity contribution in [1.82, 2.24) is 10.3 Å². The smallest absolute Gasteiger partial charge is 0.348 e. The van der Waals surface area contributed by atoms with Crippen LogP contribution in [0.2, 0.25) is 0 Å². The highest BCUT2D eigenvalue weighted by atomic mass is 19.4. The number of hydrogen-bond acceptors (Lipinski definition) is 3. The van der Waals surface area contributed by atoms with Gasteiger partial charge in [-0.05, 0) is 36.3 Å². The highest BCUT2D eigenvalue weighted by molar-refractivity contribution is 5.87. The molecule has 1 N–H and O–H groups in total. The maximum atomic E-state index is 12.7. The summed E-state index contributed by atoms with van der Waals surface area (Å²) in [5, 5.41) is 2.84. The van der Waals surface area contributed by atoms with Crippen molar-refractivity contribution in [3.8, 4) is 0 Å². The van der Waals surface area contributed by atoms with Gasteiger partial charge in [-0.25, -0.2) is 4.98 Å². The summed E-state index contributed by atoms with van der Waals surface area (Å²) < 4.78 is 38.2. The SMILES string of the molecule is C=CC(=O)NC1Cc2ccccc2N(c2ccc(C(F)(F)F)cn2)C1. The Labute approximate surface area is 143 Å². The van der Waals surface area contributed by atoms with Crippen LogP contribution < -0.4 is 10.2 Å². The van der Waals surface area contributed by atoms with Crippen molar-refractivity contribution < 1.29 is 18.0 Å². The molecule has 1 aliphatic rings. The first-order valence-corrected chi connectivity index (χ1v) is 7.70. The standard InChI is InChI=1S/C18H16F3N3O/c1-2-17(25)23-14-9-12-5-3-4-6-15(12)24(11-14)16-8-7-13(10-22-16)18(19,20)21/h2-8,10,14H,1,9,11H2,(H,23,25). The van der Waals surface area contributed by atoms with E-state index in [1.54, 1.807) is 0 Å². The van der Waals surface area contributed by atoms with E-state index in [2.05, 4.69) is 16.9 Å². The monoisotopic (exact) mass is 347 g/mol. The van der Waals surface area contributed by atoms with Crippen molar-refractivity contribution in [2.75, 3.05) is 11.4 Å². The molecule has 2 heterocycles. The maximum absolute atomic E-state index is 12.7. The number of pyridine rings is 1. The fourth-order valence-corrected chi connectivity index (χ4v) is 2.88. The Morgan fingerprint density at radius 1 is 1.28 bits per heavy atom. The third-order valence-electron chi connectivity index (χ3n) is 4.04. The Balaban J connectivity index is 1.93. The molecule has 2 aromatic rings. The van der Waals surface area contributed by atoms with Crippen LogP contribution in [0.25, 0.3) is 0 Å². The first-order valence-electron chi connectivity index (χ1n) is 7.70. The van der Waals surface area contributed by atoms with Crippen LogP contribution in [0.3, 0.4) is 0 Å². The normalized spacial score (nSPS) is 16.9. The highest BCUT2D eigenvalue weighted by Crippen LogP contribution is 2.34. The molecule has 1 aromatic heterocycles. The molecule has 0 aliphatic carbocycles. The Bertz CT molecular complexity index is 787. The molecule has 3 rings (SSSR count). The number of benzene rings is 1. The average molecular weight is 347 g/mol. The predicted octanol–water partition coefficient (Wildman–Crippen LogP) is 3.47. The second kappa shape index (κ2) is 6.58. The first kappa shape index (κ1) is 17.0. The van der Waals surface area contributed by atoms with Crippen molar-refractivity contribution in [3.05, 3.63) is 66.4 Å². The minimum absolute atomic E-state index is 0.190. The third-order valence-corrected chi connectivity index (χ3v) is 4.04. The number of para-hydroxylation sites is 1. The summed E-state index contributed by atoms with van der Waals surface area (Å²) in [5.41, 5.74) is 1.07. The fraction of sp³-hybridized carbons (Fsp3) is 0.222. The maximum Gasteiger partial charge on any atom is 0.417 e. The Hall–Kier alpha value is -2.83. The van der Waals surface area contributed by atoms with E-state index < -0.39 is 11.7 Å². The van der Waals surface area contributed by atoms with Gasteiger partial charge in [-0.2, -0.15) is 13.2 Å². The van der Waals surface area contributed by atoms with Crippen molar-refractivity contribution in [2.45, 2.75) is 18.6 Å². The van der Waals surface area contributed by atoms with Crippen LogP contribution in [0.4, 0.5) is 24.7 Å². The van der Waals surface area contributed by atoms with Gasteiger partial charge in [0.05, 0.1) is 11.6 Å². The number of carbonyl (C=O) groups is 1. The van der Waals surface area contributed by atoms with E-state index in [0.717, 1.165) is 23.5 Å². The molecule has 130 valence electrons. The summed E-state index contributed by atoms with van der Waals surface area (Å²) in [6, 6.07) is 9.73. The van der Waals surface area contributed by atoms with E-state index in [9.17, 15) is 18.0 Å². The van der Waals surface area contributed by atoms with Crippen LogP contribution in [-0.2, 0) is 17.4 Å². The summed E-state index contributed by atoms with van der Waals surface area (Å²) in [4.78, 5) is 17.4.